The van der Waals surface area contributed by atoms with Crippen LogP contribution in [0.2, 0.25) is 0 Å². The molecular formula is C10H6BrF3OS. The molecule has 1 aromatic heterocycles. The van der Waals surface area contributed by atoms with Gasteiger partial charge in [-0.15, -0.1) is 0 Å². The zero-order valence-corrected chi connectivity index (χ0v) is 10.5. The maximum Gasteiger partial charge on any atom is 0.421 e. The fourth-order valence-electron chi connectivity index (χ4n) is 1.46. The SMILES string of the molecule is CSc1oc2ccc(Br)cc2c1C(F)(F)F. The Morgan fingerprint density at radius 1 is 1.31 bits per heavy atom. The average Bonchev–Trinajstić information content (AvgIpc) is 2.54. The van der Waals surface area contributed by atoms with Gasteiger partial charge in [0.05, 0.1) is 0 Å². The summed E-state index contributed by atoms with van der Waals surface area (Å²) in [6.45, 7) is 0. The maximum absolute atomic E-state index is 12.8. The topological polar surface area (TPSA) is 13.1 Å². The van der Waals surface area contributed by atoms with Crippen LogP contribution in [0.4, 0.5) is 13.2 Å². The van der Waals surface area contributed by atoms with Gasteiger partial charge in [-0.05, 0) is 24.5 Å². The summed E-state index contributed by atoms with van der Waals surface area (Å²) in [5, 5.41) is -0.00757. The van der Waals surface area contributed by atoms with Crippen molar-refractivity contribution in [2.75, 3.05) is 6.26 Å². The molecule has 0 aliphatic carbocycles. The van der Waals surface area contributed by atoms with E-state index in [0.29, 0.717) is 4.47 Å². The van der Waals surface area contributed by atoms with Gasteiger partial charge in [0, 0.05) is 9.86 Å². The number of rotatable bonds is 1. The van der Waals surface area contributed by atoms with Crippen molar-refractivity contribution in [1.29, 1.82) is 0 Å². The average molecular weight is 311 g/mol. The molecule has 0 N–H and O–H groups in total. The Kier molecular flexibility index (Phi) is 2.96. The molecule has 0 radical (unpaired) electrons. The fourth-order valence-corrected chi connectivity index (χ4v) is 2.42. The van der Waals surface area contributed by atoms with Crippen LogP contribution >= 0.6 is 27.7 Å². The standard InChI is InChI=1S/C10H6BrF3OS/c1-16-9-8(10(12,13)14)6-4-5(11)2-3-7(6)15-9/h2-4H,1H3. The Morgan fingerprint density at radius 3 is 2.56 bits per heavy atom. The molecule has 0 aliphatic heterocycles. The van der Waals surface area contributed by atoms with E-state index < -0.39 is 11.7 Å². The van der Waals surface area contributed by atoms with Gasteiger partial charge in [0.25, 0.3) is 0 Å². The van der Waals surface area contributed by atoms with Gasteiger partial charge in [-0.2, -0.15) is 13.2 Å². The van der Waals surface area contributed by atoms with Gasteiger partial charge in [0.2, 0.25) is 0 Å². The third-order valence-corrected chi connectivity index (χ3v) is 3.24. The summed E-state index contributed by atoms with van der Waals surface area (Å²) in [6, 6.07) is 4.59. The summed E-state index contributed by atoms with van der Waals surface area (Å²) < 4.78 is 44.3. The Bertz CT molecular complexity index is 533. The number of hydrogen-bond donors (Lipinski definition) is 0. The van der Waals surface area contributed by atoms with Crippen molar-refractivity contribution in [3.8, 4) is 0 Å². The zero-order valence-electron chi connectivity index (χ0n) is 8.06. The Balaban J connectivity index is 2.81. The molecule has 2 aromatic rings. The first-order chi connectivity index (χ1) is 7.43. The van der Waals surface area contributed by atoms with Crippen molar-refractivity contribution in [3.05, 3.63) is 28.2 Å². The van der Waals surface area contributed by atoms with Gasteiger partial charge in [0.1, 0.15) is 11.1 Å². The lowest BCUT2D eigenvalue weighted by Crippen LogP contribution is -2.05. The minimum Gasteiger partial charge on any atom is -0.449 e. The van der Waals surface area contributed by atoms with Crippen molar-refractivity contribution >= 4 is 38.7 Å². The highest BCUT2D eigenvalue weighted by Crippen LogP contribution is 2.43. The molecule has 16 heavy (non-hydrogen) atoms. The van der Waals surface area contributed by atoms with E-state index in [2.05, 4.69) is 15.9 Å². The molecule has 0 fully saturated rings. The van der Waals surface area contributed by atoms with Crippen molar-refractivity contribution in [1.82, 2.24) is 0 Å². The van der Waals surface area contributed by atoms with Crippen molar-refractivity contribution in [2.24, 2.45) is 0 Å². The molecule has 0 atom stereocenters. The van der Waals surface area contributed by atoms with E-state index in [1.54, 1.807) is 12.3 Å². The van der Waals surface area contributed by atoms with Gasteiger partial charge in [0.15, 0.2) is 5.09 Å². The van der Waals surface area contributed by atoms with Crippen LogP contribution in [0, 0.1) is 0 Å². The molecule has 6 heteroatoms. The second-order valence-corrected chi connectivity index (χ2v) is 4.80. The van der Waals surface area contributed by atoms with Gasteiger partial charge >= 0.3 is 6.18 Å². The highest BCUT2D eigenvalue weighted by molar-refractivity contribution is 9.10. The van der Waals surface area contributed by atoms with Crippen LogP contribution in [-0.4, -0.2) is 6.26 Å². The minimum absolute atomic E-state index is 0.0891. The van der Waals surface area contributed by atoms with E-state index in [0.717, 1.165) is 11.8 Å². The van der Waals surface area contributed by atoms with Crippen LogP contribution in [0.5, 0.6) is 0 Å². The quantitative estimate of drug-likeness (QED) is 0.692. The van der Waals surface area contributed by atoms with E-state index >= 15 is 0 Å². The van der Waals surface area contributed by atoms with Crippen molar-refractivity contribution in [2.45, 2.75) is 11.3 Å². The lowest BCUT2D eigenvalue weighted by Gasteiger charge is -2.05. The summed E-state index contributed by atoms with van der Waals surface area (Å²) in [5.74, 6) is 0. The van der Waals surface area contributed by atoms with E-state index in [1.807, 2.05) is 0 Å². The summed E-state index contributed by atoms with van der Waals surface area (Å²) >= 11 is 4.10. The Hall–Kier alpha value is -0.620. The van der Waals surface area contributed by atoms with E-state index in [-0.39, 0.29) is 16.1 Å². The summed E-state index contributed by atoms with van der Waals surface area (Å²) in [6.07, 6.45) is -2.84. The summed E-state index contributed by atoms with van der Waals surface area (Å²) in [4.78, 5) is 0. The molecule has 0 aliphatic rings. The molecule has 0 unspecified atom stereocenters. The third kappa shape index (κ3) is 1.96. The number of thioether (sulfide) groups is 1. The maximum atomic E-state index is 12.8. The van der Waals surface area contributed by atoms with Crippen molar-refractivity contribution < 1.29 is 17.6 Å². The highest BCUT2D eigenvalue weighted by Gasteiger charge is 2.38. The monoisotopic (exact) mass is 310 g/mol. The Labute approximate surface area is 102 Å². The number of halogens is 4. The number of fused-ring (bicyclic) bond motifs is 1. The number of furan rings is 1. The van der Waals surface area contributed by atoms with Crippen LogP contribution in [0.15, 0.2) is 32.2 Å². The second kappa shape index (κ2) is 4.00. The molecule has 0 amide bonds. The van der Waals surface area contributed by atoms with Gasteiger partial charge in [-0.1, -0.05) is 27.7 Å². The normalized spacial score (nSPS) is 12.3. The molecule has 1 aromatic carbocycles. The number of alkyl halides is 3. The first kappa shape index (κ1) is 11.9. The van der Waals surface area contributed by atoms with E-state index in [4.69, 9.17) is 4.42 Å². The highest BCUT2D eigenvalue weighted by atomic mass is 79.9. The number of benzene rings is 1. The molecule has 0 saturated heterocycles. The third-order valence-electron chi connectivity index (χ3n) is 2.09. The molecule has 1 nitrogen and oxygen atoms in total. The number of hydrogen-bond acceptors (Lipinski definition) is 2. The Morgan fingerprint density at radius 2 is 2.00 bits per heavy atom. The molecule has 86 valence electrons. The minimum atomic E-state index is -4.40. The molecule has 0 spiro atoms. The second-order valence-electron chi connectivity index (χ2n) is 3.11. The summed E-state index contributed by atoms with van der Waals surface area (Å²) in [7, 11) is 0. The molecule has 0 saturated carbocycles. The van der Waals surface area contributed by atoms with Crippen LogP contribution in [-0.2, 0) is 6.18 Å². The first-order valence-corrected chi connectivity index (χ1v) is 6.28. The predicted molar refractivity (Wildman–Crippen MR) is 60.7 cm³/mol. The zero-order chi connectivity index (χ0) is 11.9. The molecular weight excluding hydrogens is 305 g/mol. The van der Waals surface area contributed by atoms with E-state index in [9.17, 15) is 13.2 Å². The van der Waals surface area contributed by atoms with Gasteiger partial charge in [-0.3, -0.25) is 0 Å². The van der Waals surface area contributed by atoms with Gasteiger partial charge in [-0.25, -0.2) is 0 Å². The van der Waals surface area contributed by atoms with Crippen LogP contribution in [0.1, 0.15) is 5.56 Å². The molecule has 0 bridgehead atoms. The largest absolute Gasteiger partial charge is 0.449 e. The molecule has 1 heterocycles. The lowest BCUT2D eigenvalue weighted by molar-refractivity contribution is -0.139. The fraction of sp³-hybridized carbons (Fsp3) is 0.200. The summed E-state index contributed by atoms with van der Waals surface area (Å²) in [5.41, 5.74) is -0.448. The smallest absolute Gasteiger partial charge is 0.421 e. The van der Waals surface area contributed by atoms with Crippen LogP contribution in [0.25, 0.3) is 11.0 Å². The van der Waals surface area contributed by atoms with E-state index in [1.165, 1.54) is 12.1 Å². The lowest BCUT2D eigenvalue weighted by atomic mass is 10.2. The van der Waals surface area contributed by atoms with Crippen LogP contribution < -0.4 is 0 Å². The van der Waals surface area contributed by atoms with Crippen molar-refractivity contribution in [3.63, 3.8) is 0 Å². The van der Waals surface area contributed by atoms with Crippen LogP contribution in [0.3, 0.4) is 0 Å². The van der Waals surface area contributed by atoms with Gasteiger partial charge < -0.3 is 4.42 Å². The predicted octanol–water partition coefficient (Wildman–Crippen LogP) is 4.94. The first-order valence-electron chi connectivity index (χ1n) is 4.26. The molecule has 2 rings (SSSR count).